The number of amides is 3. The number of hydrogen-bond acceptors (Lipinski definition) is 4. The standard InChI is InChI=1S/C27H34N4O4/c1-3-31-23-9-6-5-8-21(23)22-18-20(12-13-24(22)31)29-26(33)11-7-10-25(32)28-19-14-16-30(17-15-19)27(34)35-4-2/h5-6,8-9,12-13,18-19H,3-4,7,10-11,14-17H2,1-2H3,(H,28,32)(H,29,33). The molecular formula is C27H34N4O4. The number of carbonyl (C=O) groups excluding carboxylic acids is 3. The lowest BCUT2D eigenvalue weighted by molar-refractivity contribution is -0.122. The quantitative estimate of drug-likeness (QED) is 0.493. The number of aromatic nitrogens is 1. The Morgan fingerprint density at radius 2 is 1.66 bits per heavy atom. The van der Waals surface area contributed by atoms with Crippen molar-refractivity contribution in [2.75, 3.05) is 25.0 Å². The monoisotopic (exact) mass is 478 g/mol. The van der Waals surface area contributed by atoms with Gasteiger partial charge in [-0.15, -0.1) is 0 Å². The second-order valence-corrected chi connectivity index (χ2v) is 8.92. The van der Waals surface area contributed by atoms with Gasteiger partial charge in [0.1, 0.15) is 0 Å². The zero-order valence-electron chi connectivity index (χ0n) is 20.5. The number of nitrogens with zero attached hydrogens (tertiary/aromatic N) is 2. The summed E-state index contributed by atoms with van der Waals surface area (Å²) in [5.41, 5.74) is 3.10. The highest BCUT2D eigenvalue weighted by Crippen LogP contribution is 2.31. The number of rotatable bonds is 8. The predicted octanol–water partition coefficient (Wildman–Crippen LogP) is 4.66. The first-order valence-electron chi connectivity index (χ1n) is 12.5. The summed E-state index contributed by atoms with van der Waals surface area (Å²) in [5, 5.41) is 8.30. The van der Waals surface area contributed by atoms with Crippen LogP contribution in [0.1, 0.15) is 46.0 Å². The summed E-state index contributed by atoms with van der Waals surface area (Å²) in [4.78, 5) is 38.3. The van der Waals surface area contributed by atoms with Crippen LogP contribution in [0, 0.1) is 0 Å². The fourth-order valence-corrected chi connectivity index (χ4v) is 4.83. The predicted molar refractivity (Wildman–Crippen MR) is 137 cm³/mol. The first-order valence-corrected chi connectivity index (χ1v) is 12.5. The van der Waals surface area contributed by atoms with Gasteiger partial charge in [-0.05, 0) is 57.4 Å². The molecule has 8 heteroatoms. The van der Waals surface area contributed by atoms with Gasteiger partial charge in [-0.3, -0.25) is 9.59 Å². The number of ether oxygens (including phenoxy) is 1. The number of anilines is 1. The van der Waals surface area contributed by atoms with E-state index in [1.807, 2.05) is 24.3 Å². The van der Waals surface area contributed by atoms with Crippen molar-refractivity contribution >= 4 is 45.4 Å². The van der Waals surface area contributed by atoms with Crippen molar-refractivity contribution < 1.29 is 19.1 Å². The van der Waals surface area contributed by atoms with Gasteiger partial charge in [-0.25, -0.2) is 4.79 Å². The average Bonchev–Trinajstić information content (AvgIpc) is 3.17. The lowest BCUT2D eigenvalue weighted by Gasteiger charge is -2.31. The van der Waals surface area contributed by atoms with E-state index in [1.165, 1.54) is 10.9 Å². The van der Waals surface area contributed by atoms with Gasteiger partial charge in [0.25, 0.3) is 0 Å². The van der Waals surface area contributed by atoms with Gasteiger partial charge in [0, 0.05) is 66.0 Å². The van der Waals surface area contributed by atoms with Gasteiger partial charge in [0.2, 0.25) is 11.8 Å². The molecule has 4 rings (SSSR count). The van der Waals surface area contributed by atoms with Crippen LogP contribution in [0.25, 0.3) is 21.8 Å². The first kappa shape index (κ1) is 24.6. The van der Waals surface area contributed by atoms with Crippen LogP contribution in [-0.2, 0) is 20.9 Å². The number of aryl methyl sites for hydroxylation is 1. The molecule has 0 bridgehead atoms. The van der Waals surface area contributed by atoms with Crippen molar-refractivity contribution in [3.05, 3.63) is 42.5 Å². The average molecular weight is 479 g/mol. The van der Waals surface area contributed by atoms with E-state index in [-0.39, 0.29) is 30.4 Å². The third-order valence-corrected chi connectivity index (χ3v) is 6.57. The number of para-hydroxylation sites is 1. The minimum absolute atomic E-state index is 0.0545. The van der Waals surface area contributed by atoms with Gasteiger partial charge >= 0.3 is 6.09 Å². The Hall–Kier alpha value is -3.55. The van der Waals surface area contributed by atoms with Crippen LogP contribution in [0.4, 0.5) is 10.5 Å². The maximum atomic E-state index is 12.5. The molecule has 0 unspecified atom stereocenters. The molecule has 0 spiro atoms. The molecule has 1 fully saturated rings. The minimum atomic E-state index is -0.293. The Labute approximate surface area is 205 Å². The largest absolute Gasteiger partial charge is 0.450 e. The summed E-state index contributed by atoms with van der Waals surface area (Å²) >= 11 is 0. The van der Waals surface area contributed by atoms with Crippen LogP contribution in [0.2, 0.25) is 0 Å². The smallest absolute Gasteiger partial charge is 0.409 e. The van der Waals surface area contributed by atoms with Crippen molar-refractivity contribution in [2.24, 2.45) is 0 Å². The summed E-state index contributed by atoms with van der Waals surface area (Å²) in [6, 6.07) is 14.4. The number of likely N-dealkylation sites (tertiary alicyclic amines) is 1. The number of nitrogens with one attached hydrogen (secondary N) is 2. The fourth-order valence-electron chi connectivity index (χ4n) is 4.83. The van der Waals surface area contributed by atoms with Gasteiger partial charge in [-0.2, -0.15) is 0 Å². The van der Waals surface area contributed by atoms with E-state index in [9.17, 15) is 14.4 Å². The van der Waals surface area contributed by atoms with Crippen LogP contribution in [0.15, 0.2) is 42.5 Å². The molecule has 2 aromatic carbocycles. The van der Waals surface area contributed by atoms with E-state index in [0.717, 1.165) is 23.1 Å². The third kappa shape index (κ3) is 5.75. The van der Waals surface area contributed by atoms with Crippen molar-refractivity contribution in [3.8, 4) is 0 Å². The number of benzene rings is 2. The van der Waals surface area contributed by atoms with E-state index >= 15 is 0 Å². The van der Waals surface area contributed by atoms with Crippen LogP contribution in [-0.4, -0.2) is 53.1 Å². The lowest BCUT2D eigenvalue weighted by Crippen LogP contribution is -2.46. The lowest BCUT2D eigenvalue weighted by atomic mass is 10.0. The van der Waals surface area contributed by atoms with Crippen LogP contribution in [0.5, 0.6) is 0 Å². The Kier molecular flexibility index (Phi) is 7.90. The molecule has 2 heterocycles. The van der Waals surface area contributed by atoms with Gasteiger partial charge in [0.05, 0.1) is 6.61 Å². The van der Waals surface area contributed by atoms with Gasteiger partial charge < -0.3 is 24.8 Å². The van der Waals surface area contributed by atoms with Crippen molar-refractivity contribution in [3.63, 3.8) is 0 Å². The molecule has 1 saturated heterocycles. The summed E-state index contributed by atoms with van der Waals surface area (Å²) in [6.45, 7) is 6.31. The molecule has 8 nitrogen and oxygen atoms in total. The summed E-state index contributed by atoms with van der Waals surface area (Å²) < 4.78 is 7.30. The highest BCUT2D eigenvalue weighted by molar-refractivity contribution is 6.09. The van der Waals surface area contributed by atoms with E-state index < -0.39 is 0 Å². The van der Waals surface area contributed by atoms with E-state index in [1.54, 1.807) is 11.8 Å². The molecule has 0 aliphatic carbocycles. The van der Waals surface area contributed by atoms with Crippen molar-refractivity contribution in [2.45, 2.75) is 58.5 Å². The van der Waals surface area contributed by atoms with Crippen molar-refractivity contribution in [1.82, 2.24) is 14.8 Å². The van der Waals surface area contributed by atoms with Crippen LogP contribution >= 0.6 is 0 Å². The molecule has 0 atom stereocenters. The van der Waals surface area contributed by atoms with Crippen LogP contribution < -0.4 is 10.6 Å². The molecule has 0 saturated carbocycles. The zero-order chi connectivity index (χ0) is 24.8. The van der Waals surface area contributed by atoms with E-state index in [2.05, 4.69) is 40.3 Å². The molecule has 3 amide bonds. The molecule has 186 valence electrons. The molecule has 1 aliphatic heterocycles. The molecule has 1 aliphatic rings. The minimum Gasteiger partial charge on any atom is -0.450 e. The van der Waals surface area contributed by atoms with Crippen LogP contribution in [0.3, 0.4) is 0 Å². The highest BCUT2D eigenvalue weighted by Gasteiger charge is 2.24. The van der Waals surface area contributed by atoms with E-state index in [0.29, 0.717) is 45.4 Å². The fraction of sp³-hybridized carbons (Fsp3) is 0.444. The topological polar surface area (TPSA) is 92.7 Å². The maximum Gasteiger partial charge on any atom is 0.409 e. The molecule has 3 aromatic rings. The number of fused-ring (bicyclic) bond motifs is 3. The normalized spacial score (nSPS) is 14.3. The third-order valence-electron chi connectivity index (χ3n) is 6.57. The number of piperidine rings is 1. The molecule has 2 N–H and O–H groups in total. The SMILES string of the molecule is CCOC(=O)N1CCC(NC(=O)CCCC(=O)Nc2ccc3c(c2)c2ccccc2n3CC)CC1. The number of carbonyl (C=O) groups is 3. The molecular weight excluding hydrogens is 444 g/mol. The van der Waals surface area contributed by atoms with Crippen molar-refractivity contribution in [1.29, 1.82) is 0 Å². The molecule has 0 radical (unpaired) electrons. The second kappa shape index (κ2) is 11.3. The zero-order valence-corrected chi connectivity index (χ0v) is 20.5. The first-order chi connectivity index (χ1) is 17.0. The molecule has 35 heavy (non-hydrogen) atoms. The number of hydrogen-bond donors (Lipinski definition) is 2. The van der Waals surface area contributed by atoms with Gasteiger partial charge in [-0.1, -0.05) is 18.2 Å². The summed E-state index contributed by atoms with van der Waals surface area (Å²) in [6.07, 6.45) is 2.19. The molecule has 1 aromatic heterocycles. The second-order valence-electron chi connectivity index (χ2n) is 8.92. The Bertz CT molecular complexity index is 1210. The maximum absolute atomic E-state index is 12.5. The Morgan fingerprint density at radius 1 is 0.943 bits per heavy atom. The summed E-state index contributed by atoms with van der Waals surface area (Å²) in [7, 11) is 0. The highest BCUT2D eigenvalue weighted by atomic mass is 16.6. The summed E-state index contributed by atoms with van der Waals surface area (Å²) in [5.74, 6) is -0.152. The Balaban J connectivity index is 1.23. The van der Waals surface area contributed by atoms with E-state index in [4.69, 9.17) is 4.74 Å². The van der Waals surface area contributed by atoms with Gasteiger partial charge in [0.15, 0.2) is 0 Å². The Morgan fingerprint density at radius 3 is 2.40 bits per heavy atom.